The van der Waals surface area contributed by atoms with E-state index in [1.807, 2.05) is 13.8 Å². The minimum atomic E-state index is -0.581. The number of nitrogens with zero attached hydrogens (tertiary/aromatic N) is 2. The molecule has 0 bridgehead atoms. The zero-order valence-corrected chi connectivity index (χ0v) is 12.2. The van der Waals surface area contributed by atoms with E-state index in [2.05, 4.69) is 16.3 Å². The standard InChI is InChI=1S/C15H22N4O/c1-15(2)14(20)17-6-7-19(15)13-11(9-16)8-10-4-3-5-12(10)18-13/h8H,3-7,9,16H2,1-2H3,(H,17,20). The van der Waals surface area contributed by atoms with Gasteiger partial charge in [0.15, 0.2) is 0 Å². The van der Waals surface area contributed by atoms with Gasteiger partial charge in [0.25, 0.3) is 0 Å². The minimum absolute atomic E-state index is 0.0500. The largest absolute Gasteiger partial charge is 0.352 e. The van der Waals surface area contributed by atoms with E-state index in [1.54, 1.807) is 0 Å². The Morgan fingerprint density at radius 3 is 3.00 bits per heavy atom. The Morgan fingerprint density at radius 2 is 2.25 bits per heavy atom. The molecule has 0 atom stereocenters. The van der Waals surface area contributed by atoms with Crippen LogP contribution in [0.3, 0.4) is 0 Å². The van der Waals surface area contributed by atoms with E-state index in [-0.39, 0.29) is 5.91 Å². The van der Waals surface area contributed by atoms with Crippen molar-refractivity contribution in [2.24, 2.45) is 5.73 Å². The normalized spacial score (nSPS) is 20.8. The van der Waals surface area contributed by atoms with Crippen molar-refractivity contribution in [2.45, 2.75) is 45.2 Å². The number of pyridine rings is 1. The molecule has 3 rings (SSSR count). The number of carbonyl (C=O) groups is 1. The second kappa shape index (κ2) is 4.74. The second-order valence-corrected chi connectivity index (χ2v) is 6.10. The zero-order valence-electron chi connectivity index (χ0n) is 12.2. The van der Waals surface area contributed by atoms with Crippen LogP contribution in [0.4, 0.5) is 5.82 Å². The highest BCUT2D eigenvalue weighted by Crippen LogP contribution is 2.31. The molecule has 0 spiro atoms. The molecule has 108 valence electrons. The van der Waals surface area contributed by atoms with Gasteiger partial charge in [-0.15, -0.1) is 0 Å². The Labute approximate surface area is 119 Å². The zero-order chi connectivity index (χ0) is 14.3. The fourth-order valence-corrected chi connectivity index (χ4v) is 3.16. The number of nitrogens with one attached hydrogen (secondary N) is 1. The number of hydrogen-bond acceptors (Lipinski definition) is 4. The summed E-state index contributed by atoms with van der Waals surface area (Å²) in [5.74, 6) is 0.946. The van der Waals surface area contributed by atoms with E-state index in [4.69, 9.17) is 10.7 Å². The number of rotatable bonds is 2. The topological polar surface area (TPSA) is 71.2 Å². The summed E-state index contributed by atoms with van der Waals surface area (Å²) in [6, 6.07) is 2.19. The number of piperazine rings is 1. The second-order valence-electron chi connectivity index (χ2n) is 6.10. The Bertz CT molecular complexity index is 553. The summed E-state index contributed by atoms with van der Waals surface area (Å²) in [5.41, 5.74) is 8.88. The Balaban J connectivity index is 2.06. The van der Waals surface area contributed by atoms with Gasteiger partial charge >= 0.3 is 0 Å². The van der Waals surface area contributed by atoms with Crippen LogP contribution in [0, 0.1) is 0 Å². The van der Waals surface area contributed by atoms with Crippen molar-refractivity contribution in [3.8, 4) is 0 Å². The molecular weight excluding hydrogens is 252 g/mol. The molecular formula is C15H22N4O. The highest BCUT2D eigenvalue weighted by atomic mass is 16.2. The minimum Gasteiger partial charge on any atom is -0.352 e. The number of aryl methyl sites for hydroxylation is 2. The van der Waals surface area contributed by atoms with Gasteiger partial charge in [-0.2, -0.15) is 0 Å². The van der Waals surface area contributed by atoms with Crippen LogP contribution in [-0.4, -0.2) is 29.5 Å². The maximum absolute atomic E-state index is 12.1. The van der Waals surface area contributed by atoms with Gasteiger partial charge in [-0.05, 0) is 44.7 Å². The number of carbonyl (C=O) groups excluding carboxylic acids is 1. The number of fused-ring (bicyclic) bond motifs is 1. The van der Waals surface area contributed by atoms with Crippen LogP contribution in [0.5, 0.6) is 0 Å². The van der Waals surface area contributed by atoms with Crippen molar-refractivity contribution < 1.29 is 4.79 Å². The van der Waals surface area contributed by atoms with Crippen LogP contribution < -0.4 is 16.0 Å². The predicted molar refractivity (Wildman–Crippen MR) is 78.6 cm³/mol. The van der Waals surface area contributed by atoms with E-state index < -0.39 is 5.54 Å². The lowest BCUT2D eigenvalue weighted by molar-refractivity contribution is -0.126. The molecule has 5 nitrogen and oxygen atoms in total. The molecule has 5 heteroatoms. The van der Waals surface area contributed by atoms with Crippen molar-refractivity contribution in [3.63, 3.8) is 0 Å². The summed E-state index contributed by atoms with van der Waals surface area (Å²) < 4.78 is 0. The molecule has 0 aromatic carbocycles. The lowest BCUT2D eigenvalue weighted by atomic mass is 9.97. The maximum atomic E-state index is 12.1. The molecule has 1 saturated heterocycles. The lowest BCUT2D eigenvalue weighted by Gasteiger charge is -2.42. The molecule has 1 fully saturated rings. The van der Waals surface area contributed by atoms with E-state index >= 15 is 0 Å². The molecule has 3 N–H and O–H groups in total. The molecule has 0 unspecified atom stereocenters. The molecule has 2 aliphatic rings. The van der Waals surface area contributed by atoms with Crippen molar-refractivity contribution in [1.29, 1.82) is 0 Å². The Kier molecular flexibility index (Phi) is 3.17. The molecule has 1 aliphatic carbocycles. The Morgan fingerprint density at radius 1 is 1.45 bits per heavy atom. The van der Waals surface area contributed by atoms with Gasteiger partial charge < -0.3 is 16.0 Å². The molecule has 0 saturated carbocycles. The summed E-state index contributed by atoms with van der Waals surface area (Å²) in [5, 5.41) is 2.92. The van der Waals surface area contributed by atoms with Crippen molar-refractivity contribution >= 4 is 11.7 Å². The first-order chi connectivity index (χ1) is 9.54. The SMILES string of the molecule is CC1(C)C(=O)NCCN1c1nc2c(cc1CN)CCC2. The Hall–Kier alpha value is -1.62. The van der Waals surface area contributed by atoms with Gasteiger partial charge in [0.2, 0.25) is 5.91 Å². The summed E-state index contributed by atoms with van der Waals surface area (Å²) >= 11 is 0. The fraction of sp³-hybridized carbons (Fsp3) is 0.600. The number of amides is 1. The maximum Gasteiger partial charge on any atom is 0.245 e. The number of hydrogen-bond donors (Lipinski definition) is 2. The monoisotopic (exact) mass is 274 g/mol. The van der Waals surface area contributed by atoms with E-state index in [0.717, 1.165) is 30.8 Å². The van der Waals surface area contributed by atoms with E-state index in [1.165, 1.54) is 17.7 Å². The van der Waals surface area contributed by atoms with Gasteiger partial charge in [-0.25, -0.2) is 4.98 Å². The molecule has 20 heavy (non-hydrogen) atoms. The lowest BCUT2D eigenvalue weighted by Crippen LogP contribution is -2.62. The van der Waals surface area contributed by atoms with Crippen molar-refractivity contribution in [2.75, 3.05) is 18.0 Å². The van der Waals surface area contributed by atoms with Gasteiger partial charge in [-0.1, -0.05) is 0 Å². The van der Waals surface area contributed by atoms with Crippen molar-refractivity contribution in [1.82, 2.24) is 10.3 Å². The quantitative estimate of drug-likeness (QED) is 0.834. The average Bonchev–Trinajstić information content (AvgIpc) is 2.87. The highest BCUT2D eigenvalue weighted by molar-refractivity contribution is 5.90. The smallest absolute Gasteiger partial charge is 0.245 e. The van der Waals surface area contributed by atoms with E-state index in [0.29, 0.717) is 13.1 Å². The third-order valence-electron chi connectivity index (χ3n) is 4.43. The summed E-state index contributed by atoms with van der Waals surface area (Å²) in [7, 11) is 0. The molecule has 1 aromatic rings. The number of anilines is 1. The van der Waals surface area contributed by atoms with E-state index in [9.17, 15) is 4.79 Å². The average molecular weight is 274 g/mol. The van der Waals surface area contributed by atoms with Gasteiger partial charge in [0.1, 0.15) is 11.4 Å². The molecule has 2 heterocycles. The first kappa shape index (κ1) is 13.4. The number of aromatic nitrogens is 1. The summed E-state index contributed by atoms with van der Waals surface area (Å²) in [6.07, 6.45) is 3.30. The summed E-state index contributed by atoms with van der Waals surface area (Å²) in [4.78, 5) is 19.1. The van der Waals surface area contributed by atoms with Crippen LogP contribution in [0.2, 0.25) is 0 Å². The third kappa shape index (κ3) is 1.97. The van der Waals surface area contributed by atoms with Gasteiger partial charge in [0, 0.05) is 30.9 Å². The van der Waals surface area contributed by atoms with Crippen LogP contribution in [-0.2, 0) is 24.2 Å². The first-order valence-electron chi connectivity index (χ1n) is 7.31. The molecule has 1 amide bonds. The van der Waals surface area contributed by atoms with Gasteiger partial charge in [-0.3, -0.25) is 4.79 Å². The third-order valence-corrected chi connectivity index (χ3v) is 4.43. The fourth-order valence-electron chi connectivity index (χ4n) is 3.16. The van der Waals surface area contributed by atoms with Crippen LogP contribution in [0.25, 0.3) is 0 Å². The van der Waals surface area contributed by atoms with Crippen LogP contribution in [0.15, 0.2) is 6.07 Å². The first-order valence-corrected chi connectivity index (χ1v) is 7.31. The summed E-state index contributed by atoms with van der Waals surface area (Å²) in [6.45, 7) is 5.78. The molecule has 0 radical (unpaired) electrons. The van der Waals surface area contributed by atoms with Crippen molar-refractivity contribution in [3.05, 3.63) is 22.9 Å². The molecule has 1 aliphatic heterocycles. The number of nitrogens with two attached hydrogens (primary N) is 1. The predicted octanol–water partition coefficient (Wildman–Crippen LogP) is 0.744. The molecule has 1 aromatic heterocycles. The van der Waals surface area contributed by atoms with Crippen LogP contribution in [0.1, 0.15) is 37.1 Å². The van der Waals surface area contributed by atoms with Gasteiger partial charge in [0.05, 0.1) is 0 Å². The highest BCUT2D eigenvalue weighted by Gasteiger charge is 2.39. The van der Waals surface area contributed by atoms with Crippen LogP contribution >= 0.6 is 0 Å².